The van der Waals surface area contributed by atoms with Gasteiger partial charge in [-0.25, -0.2) is 0 Å². The molecule has 0 bridgehead atoms. The van der Waals surface area contributed by atoms with Gasteiger partial charge in [0.05, 0.1) is 0 Å². The zero-order valence-corrected chi connectivity index (χ0v) is 14.4. The molecule has 1 aromatic carbocycles. The maximum absolute atomic E-state index is 12.8. The Labute approximate surface area is 142 Å². The van der Waals surface area contributed by atoms with Gasteiger partial charge >= 0.3 is 0 Å². The molecular formula is C18H25N3O3. The first-order valence-electron chi connectivity index (χ1n) is 8.50. The maximum Gasteiger partial charge on any atom is 0.248 e. The summed E-state index contributed by atoms with van der Waals surface area (Å²) in [5.41, 5.74) is 3.48. The number of rotatable bonds is 3. The summed E-state index contributed by atoms with van der Waals surface area (Å²) in [5, 5.41) is 3.34. The van der Waals surface area contributed by atoms with Gasteiger partial charge < -0.3 is 19.9 Å². The molecule has 2 aliphatic rings. The van der Waals surface area contributed by atoms with Crippen LogP contribution in [0.2, 0.25) is 0 Å². The number of carbonyl (C=O) groups is 2. The van der Waals surface area contributed by atoms with Crippen LogP contribution in [0.4, 0.5) is 5.69 Å². The summed E-state index contributed by atoms with van der Waals surface area (Å²) in [5.74, 6) is 0.124. The molecular weight excluding hydrogens is 306 g/mol. The van der Waals surface area contributed by atoms with Crippen molar-refractivity contribution in [2.24, 2.45) is 0 Å². The molecule has 6 nitrogen and oxygen atoms in total. The molecule has 0 spiro atoms. The third kappa shape index (κ3) is 3.53. The number of ether oxygens (including phenoxy) is 1. The second-order valence-corrected chi connectivity index (χ2v) is 6.55. The quantitative estimate of drug-likeness (QED) is 0.899. The standard InChI is InChI=1S/C18H25N3O3/c1-13-4-5-15-14(10-13)11-16(19-15)18(23)21-7-3-6-20(8-9-21)17(22)12-24-2/h4-5,10,16,19H,3,6-9,11-12H2,1-2H3/t16-/m1/s1. The topological polar surface area (TPSA) is 61.9 Å². The van der Waals surface area contributed by atoms with Crippen LogP contribution in [0.15, 0.2) is 18.2 Å². The normalized spacial score (nSPS) is 20.3. The van der Waals surface area contributed by atoms with Crippen molar-refractivity contribution in [2.75, 3.05) is 45.2 Å². The fraction of sp³-hybridized carbons (Fsp3) is 0.556. The summed E-state index contributed by atoms with van der Waals surface area (Å²) in [4.78, 5) is 28.5. The number of hydrogen-bond donors (Lipinski definition) is 1. The molecule has 2 aliphatic heterocycles. The molecule has 2 heterocycles. The molecule has 0 unspecified atom stereocenters. The predicted molar refractivity (Wildman–Crippen MR) is 91.9 cm³/mol. The lowest BCUT2D eigenvalue weighted by Crippen LogP contribution is -2.44. The fourth-order valence-electron chi connectivity index (χ4n) is 3.46. The lowest BCUT2D eigenvalue weighted by atomic mass is 10.1. The van der Waals surface area contributed by atoms with Gasteiger partial charge in [0, 0.05) is 45.4 Å². The van der Waals surface area contributed by atoms with Gasteiger partial charge in [0.1, 0.15) is 12.6 Å². The molecule has 3 rings (SSSR count). The fourth-order valence-corrected chi connectivity index (χ4v) is 3.46. The van der Waals surface area contributed by atoms with Gasteiger partial charge in [0.15, 0.2) is 0 Å². The molecule has 0 radical (unpaired) electrons. The number of methoxy groups -OCH3 is 1. The van der Waals surface area contributed by atoms with E-state index in [4.69, 9.17) is 4.74 Å². The van der Waals surface area contributed by atoms with Crippen molar-refractivity contribution in [3.63, 3.8) is 0 Å². The van der Waals surface area contributed by atoms with Crippen LogP contribution in [-0.4, -0.2) is 67.6 Å². The molecule has 6 heteroatoms. The van der Waals surface area contributed by atoms with E-state index < -0.39 is 0 Å². The maximum atomic E-state index is 12.8. The first kappa shape index (κ1) is 16.8. The summed E-state index contributed by atoms with van der Waals surface area (Å²) >= 11 is 0. The van der Waals surface area contributed by atoms with Crippen molar-refractivity contribution in [1.82, 2.24) is 9.80 Å². The predicted octanol–water partition coefficient (Wildman–Crippen LogP) is 1.04. The van der Waals surface area contributed by atoms with E-state index in [0.29, 0.717) is 26.2 Å². The molecule has 0 aliphatic carbocycles. The molecule has 1 aromatic rings. The second kappa shape index (κ2) is 7.21. The minimum atomic E-state index is -0.192. The number of nitrogens with one attached hydrogen (secondary N) is 1. The van der Waals surface area contributed by atoms with Gasteiger partial charge in [-0.3, -0.25) is 9.59 Å². The number of nitrogens with zero attached hydrogens (tertiary/aromatic N) is 2. The average molecular weight is 331 g/mol. The smallest absolute Gasteiger partial charge is 0.248 e. The van der Waals surface area contributed by atoms with Crippen LogP contribution < -0.4 is 5.32 Å². The molecule has 2 amide bonds. The van der Waals surface area contributed by atoms with E-state index in [9.17, 15) is 9.59 Å². The Morgan fingerprint density at radius 2 is 1.96 bits per heavy atom. The number of hydrogen-bond acceptors (Lipinski definition) is 4. The van der Waals surface area contributed by atoms with E-state index in [0.717, 1.165) is 18.5 Å². The van der Waals surface area contributed by atoms with Gasteiger partial charge in [-0.1, -0.05) is 17.7 Å². The van der Waals surface area contributed by atoms with E-state index in [1.807, 2.05) is 11.0 Å². The van der Waals surface area contributed by atoms with Crippen LogP contribution >= 0.6 is 0 Å². The van der Waals surface area contributed by atoms with Crippen LogP contribution in [0.3, 0.4) is 0 Å². The van der Waals surface area contributed by atoms with Crippen LogP contribution in [0, 0.1) is 6.92 Å². The number of amides is 2. The van der Waals surface area contributed by atoms with E-state index >= 15 is 0 Å². The van der Waals surface area contributed by atoms with Crippen molar-refractivity contribution in [1.29, 1.82) is 0 Å². The van der Waals surface area contributed by atoms with Crippen molar-refractivity contribution in [3.05, 3.63) is 29.3 Å². The lowest BCUT2D eigenvalue weighted by Gasteiger charge is -2.24. The number of anilines is 1. The SMILES string of the molecule is COCC(=O)N1CCCN(C(=O)[C@H]2Cc3cc(C)ccc3N2)CC1. The number of benzene rings is 1. The van der Waals surface area contributed by atoms with E-state index in [1.165, 1.54) is 18.2 Å². The minimum absolute atomic E-state index is 0.00586. The molecule has 0 aromatic heterocycles. The van der Waals surface area contributed by atoms with Gasteiger partial charge in [0.2, 0.25) is 11.8 Å². The highest BCUT2D eigenvalue weighted by atomic mass is 16.5. The number of aryl methyl sites for hydroxylation is 1. The third-order valence-corrected chi connectivity index (χ3v) is 4.74. The highest BCUT2D eigenvalue weighted by molar-refractivity contribution is 5.87. The molecule has 130 valence electrons. The Hall–Kier alpha value is -2.08. The van der Waals surface area contributed by atoms with Gasteiger partial charge in [-0.2, -0.15) is 0 Å². The van der Waals surface area contributed by atoms with E-state index in [-0.39, 0.29) is 24.5 Å². The Kier molecular flexibility index (Phi) is 5.04. The molecule has 0 saturated carbocycles. The first-order valence-corrected chi connectivity index (χ1v) is 8.50. The van der Waals surface area contributed by atoms with E-state index in [2.05, 4.69) is 24.4 Å². The number of fused-ring (bicyclic) bond motifs is 1. The van der Waals surface area contributed by atoms with Gasteiger partial charge in [0.25, 0.3) is 0 Å². The third-order valence-electron chi connectivity index (χ3n) is 4.74. The minimum Gasteiger partial charge on any atom is -0.375 e. The zero-order chi connectivity index (χ0) is 17.1. The summed E-state index contributed by atoms with van der Waals surface area (Å²) in [6.07, 6.45) is 1.54. The summed E-state index contributed by atoms with van der Waals surface area (Å²) < 4.78 is 4.92. The van der Waals surface area contributed by atoms with Crippen LogP contribution in [-0.2, 0) is 20.7 Å². The van der Waals surface area contributed by atoms with Crippen molar-refractivity contribution < 1.29 is 14.3 Å². The van der Waals surface area contributed by atoms with E-state index in [1.54, 1.807) is 4.90 Å². The Bertz CT molecular complexity index is 632. The van der Waals surface area contributed by atoms with Crippen molar-refractivity contribution >= 4 is 17.5 Å². The summed E-state index contributed by atoms with van der Waals surface area (Å²) in [6.45, 7) is 4.71. The summed E-state index contributed by atoms with van der Waals surface area (Å²) in [7, 11) is 1.52. The van der Waals surface area contributed by atoms with Crippen LogP contribution in [0.1, 0.15) is 17.5 Å². The van der Waals surface area contributed by atoms with Crippen LogP contribution in [0.5, 0.6) is 0 Å². The number of carbonyl (C=O) groups excluding carboxylic acids is 2. The Morgan fingerprint density at radius 1 is 1.21 bits per heavy atom. The zero-order valence-electron chi connectivity index (χ0n) is 14.4. The monoisotopic (exact) mass is 331 g/mol. The Balaban J connectivity index is 1.59. The highest BCUT2D eigenvalue weighted by Gasteiger charge is 2.31. The van der Waals surface area contributed by atoms with Crippen LogP contribution in [0.25, 0.3) is 0 Å². The molecule has 24 heavy (non-hydrogen) atoms. The van der Waals surface area contributed by atoms with Gasteiger partial charge in [-0.05, 0) is 25.0 Å². The Morgan fingerprint density at radius 3 is 2.75 bits per heavy atom. The molecule has 1 saturated heterocycles. The summed E-state index contributed by atoms with van der Waals surface area (Å²) in [6, 6.07) is 6.06. The largest absolute Gasteiger partial charge is 0.375 e. The van der Waals surface area contributed by atoms with Gasteiger partial charge in [-0.15, -0.1) is 0 Å². The molecule has 1 fully saturated rings. The van der Waals surface area contributed by atoms with Crippen molar-refractivity contribution in [3.8, 4) is 0 Å². The second-order valence-electron chi connectivity index (χ2n) is 6.55. The molecule has 1 atom stereocenters. The highest BCUT2D eigenvalue weighted by Crippen LogP contribution is 2.27. The molecule has 1 N–H and O–H groups in total. The van der Waals surface area contributed by atoms with Crippen molar-refractivity contribution in [2.45, 2.75) is 25.8 Å². The first-order chi connectivity index (χ1) is 11.6. The lowest BCUT2D eigenvalue weighted by molar-refractivity contribution is -0.136. The average Bonchev–Trinajstić information content (AvgIpc) is 2.82.